The predicted octanol–water partition coefficient (Wildman–Crippen LogP) is 2.44. The summed E-state index contributed by atoms with van der Waals surface area (Å²) in [6.07, 6.45) is 2.35. The number of rotatable bonds is 9. The number of hydrogen-bond donors (Lipinski definition) is 1. The second-order valence-corrected chi connectivity index (χ2v) is 10.3. The highest BCUT2D eigenvalue weighted by Gasteiger charge is 2.21. The second-order valence-electron chi connectivity index (χ2n) is 7.86. The molecule has 0 aliphatic rings. The van der Waals surface area contributed by atoms with Gasteiger partial charge >= 0.3 is 0 Å². The van der Waals surface area contributed by atoms with Crippen molar-refractivity contribution in [2.75, 3.05) is 32.6 Å². The highest BCUT2D eigenvalue weighted by Crippen LogP contribution is 2.28. The molecule has 0 bridgehead atoms. The van der Waals surface area contributed by atoms with Crippen molar-refractivity contribution in [2.45, 2.75) is 11.3 Å². The van der Waals surface area contributed by atoms with Crippen molar-refractivity contribution in [3.63, 3.8) is 0 Å². The molecule has 0 aliphatic heterocycles. The minimum absolute atomic E-state index is 0.203. The van der Waals surface area contributed by atoms with Gasteiger partial charge in [0, 0.05) is 49.1 Å². The first kappa shape index (κ1) is 24.1. The molecule has 8 nitrogen and oxygen atoms in total. The summed E-state index contributed by atoms with van der Waals surface area (Å²) in [5, 5.41) is 8.41. The van der Waals surface area contributed by atoms with Crippen LogP contribution in [0.5, 0.6) is 5.75 Å². The summed E-state index contributed by atoms with van der Waals surface area (Å²) in [4.78, 5) is 4.94. The molecule has 4 rings (SSSR count). The fourth-order valence-corrected chi connectivity index (χ4v) is 5.06. The molecule has 1 N–H and O–H groups in total. The Kier molecular flexibility index (Phi) is 7.11. The van der Waals surface area contributed by atoms with Crippen LogP contribution in [0.3, 0.4) is 0 Å². The van der Waals surface area contributed by atoms with Gasteiger partial charge in [-0.2, -0.15) is 9.61 Å². The summed E-state index contributed by atoms with van der Waals surface area (Å²) < 4.78 is 34.0. The molecule has 2 aromatic carbocycles. The smallest absolute Gasteiger partial charge is 0.242 e. The lowest BCUT2D eigenvalue weighted by Gasteiger charge is -2.18. The molecule has 0 unspecified atom stereocenters. The third-order valence-electron chi connectivity index (χ3n) is 5.50. The van der Waals surface area contributed by atoms with E-state index < -0.39 is 10.0 Å². The first-order valence-corrected chi connectivity index (χ1v) is 12.6. The number of nitrogens with one attached hydrogen (secondary N) is 1. The van der Waals surface area contributed by atoms with Gasteiger partial charge in [-0.05, 0) is 30.1 Å². The molecule has 0 atom stereocenters. The van der Waals surface area contributed by atoms with E-state index in [9.17, 15) is 8.42 Å². The van der Waals surface area contributed by atoms with Crippen molar-refractivity contribution in [1.82, 2.24) is 18.9 Å². The molecule has 0 spiro atoms. The van der Waals surface area contributed by atoms with E-state index in [1.165, 1.54) is 17.5 Å². The number of ether oxygens (including phenoxy) is 1. The van der Waals surface area contributed by atoms with Crippen LogP contribution < -0.4 is 15.5 Å². The predicted molar refractivity (Wildman–Crippen MR) is 138 cm³/mol. The van der Waals surface area contributed by atoms with Crippen molar-refractivity contribution in [3.8, 4) is 17.0 Å². The van der Waals surface area contributed by atoms with Crippen LogP contribution in [0, 0.1) is 0 Å². The van der Waals surface area contributed by atoms with E-state index in [0.29, 0.717) is 30.3 Å². The Morgan fingerprint density at radius 2 is 1.97 bits per heavy atom. The number of sulfonamides is 1. The largest absolute Gasteiger partial charge is 0.497 e. The van der Waals surface area contributed by atoms with Gasteiger partial charge < -0.3 is 10.1 Å². The van der Waals surface area contributed by atoms with E-state index in [4.69, 9.17) is 21.3 Å². The number of aromatic nitrogens is 3. The fourth-order valence-electron chi connectivity index (χ4n) is 3.59. The number of halogens is 1. The zero-order valence-electron chi connectivity index (χ0n) is 19.2. The Morgan fingerprint density at radius 1 is 1.18 bits per heavy atom. The van der Waals surface area contributed by atoms with Gasteiger partial charge in [-0.1, -0.05) is 35.9 Å². The molecule has 4 aromatic rings. The third-order valence-corrected chi connectivity index (χ3v) is 7.69. The summed E-state index contributed by atoms with van der Waals surface area (Å²) in [5.74, 6) is 1.26. The second kappa shape index (κ2) is 10.0. The molecule has 0 aliphatic carbocycles. The maximum absolute atomic E-state index is 12.9. The lowest BCUT2D eigenvalue weighted by Crippen LogP contribution is -2.29. The van der Waals surface area contributed by atoms with Crippen LogP contribution in [0.4, 0.5) is 5.82 Å². The van der Waals surface area contributed by atoms with E-state index in [-0.39, 0.29) is 4.90 Å². The van der Waals surface area contributed by atoms with Crippen LogP contribution in [0.15, 0.2) is 65.7 Å². The van der Waals surface area contributed by atoms with E-state index in [1.54, 1.807) is 36.0 Å². The molecule has 0 saturated heterocycles. The maximum Gasteiger partial charge on any atom is 0.242 e. The highest BCUT2D eigenvalue weighted by molar-refractivity contribution is 7.89. The summed E-state index contributed by atoms with van der Waals surface area (Å²) in [5.41, 5.74) is 3.25. The lowest BCUT2D eigenvalue weighted by atomic mass is 10.0. The zero-order chi connectivity index (χ0) is 24.3. The van der Waals surface area contributed by atoms with Gasteiger partial charge in [0.15, 0.2) is 5.65 Å². The average Bonchev–Trinajstić information content (AvgIpc) is 3.22. The van der Waals surface area contributed by atoms with Crippen LogP contribution in [0.25, 0.3) is 16.9 Å². The Morgan fingerprint density at radius 3 is 2.74 bits per heavy atom. The standard InChI is InChI=1S/C23H25BClN5O3S/c1-29(34(31,32)17-8-5-7-16(13-17)33-2)12-6-11-26-22-14-21(18-9-3-4-10-20(18)25)28-23-19(24)15-27-30(22)23/h3-5,7-10,13-15,26H,6,11-12,24H2,1-2H3. The van der Waals surface area contributed by atoms with Gasteiger partial charge in [-0.15, -0.1) is 0 Å². The molecule has 176 valence electrons. The molecule has 2 heterocycles. The quantitative estimate of drug-likeness (QED) is 0.282. The van der Waals surface area contributed by atoms with E-state index in [1.807, 2.05) is 38.2 Å². The minimum Gasteiger partial charge on any atom is -0.497 e. The number of methoxy groups -OCH3 is 1. The van der Waals surface area contributed by atoms with E-state index >= 15 is 0 Å². The number of benzene rings is 2. The average molecular weight is 498 g/mol. The highest BCUT2D eigenvalue weighted by atomic mass is 35.5. The summed E-state index contributed by atoms with van der Waals surface area (Å²) in [6, 6.07) is 15.9. The van der Waals surface area contributed by atoms with Gasteiger partial charge in [0.05, 0.1) is 17.7 Å². The normalized spacial score (nSPS) is 11.8. The molecule has 11 heteroatoms. The number of hydrogen-bond acceptors (Lipinski definition) is 6. The Balaban J connectivity index is 1.48. The van der Waals surface area contributed by atoms with Gasteiger partial charge in [-0.25, -0.2) is 17.7 Å². The van der Waals surface area contributed by atoms with Crippen LogP contribution in [0.2, 0.25) is 5.02 Å². The van der Waals surface area contributed by atoms with Gasteiger partial charge in [0.2, 0.25) is 10.0 Å². The lowest BCUT2D eigenvalue weighted by molar-refractivity contribution is 0.412. The van der Waals surface area contributed by atoms with Gasteiger partial charge in [0.25, 0.3) is 0 Å². The molecular formula is C23H25BClN5O3S. The van der Waals surface area contributed by atoms with Crippen molar-refractivity contribution in [2.24, 2.45) is 0 Å². The summed E-state index contributed by atoms with van der Waals surface area (Å²) in [7, 11) is 1.42. The SMILES string of the molecule is Bc1cnn2c(NCCCN(C)S(=O)(=O)c3cccc(OC)c3)cc(-c3ccccc3Cl)nc12. The zero-order valence-corrected chi connectivity index (χ0v) is 20.8. The van der Waals surface area contributed by atoms with Gasteiger partial charge in [-0.3, -0.25) is 0 Å². The van der Waals surface area contributed by atoms with Crippen molar-refractivity contribution in [3.05, 3.63) is 65.8 Å². The topological polar surface area (TPSA) is 88.8 Å². The molecule has 0 amide bonds. The molecule has 34 heavy (non-hydrogen) atoms. The summed E-state index contributed by atoms with van der Waals surface area (Å²) >= 11 is 6.40. The summed E-state index contributed by atoms with van der Waals surface area (Å²) in [6.45, 7) is 0.883. The van der Waals surface area contributed by atoms with Gasteiger partial charge in [0.1, 0.15) is 19.4 Å². The molecule has 0 radical (unpaired) electrons. The number of nitrogens with zero attached hydrogens (tertiary/aromatic N) is 4. The minimum atomic E-state index is -3.61. The van der Waals surface area contributed by atoms with Crippen molar-refractivity contribution in [1.29, 1.82) is 0 Å². The number of fused-ring (bicyclic) bond motifs is 1. The van der Waals surface area contributed by atoms with Crippen LogP contribution in [-0.4, -0.2) is 62.4 Å². The maximum atomic E-state index is 12.9. The van der Waals surface area contributed by atoms with Crippen molar-refractivity contribution >= 4 is 46.4 Å². The fraction of sp³-hybridized carbons (Fsp3) is 0.217. The molecule has 0 saturated carbocycles. The first-order chi connectivity index (χ1) is 16.3. The molecule has 0 fully saturated rings. The van der Waals surface area contributed by atoms with Crippen molar-refractivity contribution < 1.29 is 13.2 Å². The molecular weight excluding hydrogens is 473 g/mol. The van der Waals surface area contributed by atoms with E-state index in [0.717, 1.165) is 28.2 Å². The van der Waals surface area contributed by atoms with Crippen LogP contribution in [0.1, 0.15) is 6.42 Å². The number of anilines is 1. The van der Waals surface area contributed by atoms with E-state index in [2.05, 4.69) is 10.4 Å². The Bertz CT molecular complexity index is 1430. The Hall–Kier alpha value is -3.08. The molecule has 2 aromatic heterocycles. The van der Waals surface area contributed by atoms with Crippen LogP contribution >= 0.6 is 11.6 Å². The monoisotopic (exact) mass is 497 g/mol. The third kappa shape index (κ3) is 4.89. The Labute approximate surface area is 205 Å². The first-order valence-electron chi connectivity index (χ1n) is 10.8. The van der Waals surface area contributed by atoms with Crippen LogP contribution in [-0.2, 0) is 10.0 Å².